The van der Waals surface area contributed by atoms with Gasteiger partial charge in [0.1, 0.15) is 6.54 Å². The molecule has 0 spiro atoms. The van der Waals surface area contributed by atoms with Crippen molar-refractivity contribution in [2.24, 2.45) is 0 Å². The quantitative estimate of drug-likeness (QED) is 0.860. The van der Waals surface area contributed by atoms with E-state index in [9.17, 15) is 14.7 Å². The van der Waals surface area contributed by atoms with Gasteiger partial charge >= 0.3 is 0 Å². The molecule has 1 fully saturated rings. The molecule has 6 heteroatoms. The van der Waals surface area contributed by atoms with E-state index in [1.54, 1.807) is 13.0 Å². The lowest BCUT2D eigenvalue weighted by atomic mass is 9.77. The third kappa shape index (κ3) is 4.02. The van der Waals surface area contributed by atoms with Crippen molar-refractivity contribution >= 4 is 5.91 Å². The van der Waals surface area contributed by atoms with E-state index in [0.717, 1.165) is 16.8 Å². The standard InChI is InChI=1S/C20H25N3O3/c1-13(2)19-16(14-7-5-4-6-8-14)9-18(25)23(22-19)12-17(24)21-15-10-20(3,26)11-15/h4-9,13,15,26H,10-12H2,1-3H3,(H,21,24). The molecule has 0 aliphatic heterocycles. The summed E-state index contributed by atoms with van der Waals surface area (Å²) in [5, 5.41) is 17.1. The zero-order chi connectivity index (χ0) is 18.9. The number of amides is 1. The maximum Gasteiger partial charge on any atom is 0.267 e. The minimum Gasteiger partial charge on any atom is -0.390 e. The van der Waals surface area contributed by atoms with Gasteiger partial charge in [0.15, 0.2) is 0 Å². The molecule has 6 nitrogen and oxygen atoms in total. The second-order valence-electron chi connectivity index (χ2n) is 7.63. The van der Waals surface area contributed by atoms with Crippen LogP contribution in [0.3, 0.4) is 0 Å². The first kappa shape index (κ1) is 18.3. The average molecular weight is 355 g/mol. The van der Waals surface area contributed by atoms with Crippen LogP contribution in [0.2, 0.25) is 0 Å². The predicted molar refractivity (Wildman–Crippen MR) is 99.8 cm³/mol. The van der Waals surface area contributed by atoms with E-state index >= 15 is 0 Å². The van der Waals surface area contributed by atoms with Crippen LogP contribution < -0.4 is 10.9 Å². The number of hydrogen-bond acceptors (Lipinski definition) is 4. The lowest BCUT2D eigenvalue weighted by Gasteiger charge is -2.41. The number of carbonyl (C=O) groups is 1. The average Bonchev–Trinajstić information content (AvgIpc) is 2.55. The van der Waals surface area contributed by atoms with Crippen LogP contribution in [0, 0.1) is 0 Å². The van der Waals surface area contributed by atoms with Gasteiger partial charge in [0.05, 0.1) is 11.3 Å². The molecule has 2 N–H and O–H groups in total. The Balaban J connectivity index is 1.81. The summed E-state index contributed by atoms with van der Waals surface area (Å²) in [6.45, 7) is 5.66. The summed E-state index contributed by atoms with van der Waals surface area (Å²) >= 11 is 0. The molecule has 1 heterocycles. The van der Waals surface area contributed by atoms with Gasteiger partial charge in [0.25, 0.3) is 5.56 Å². The molecule has 1 aromatic carbocycles. The fraction of sp³-hybridized carbons (Fsp3) is 0.450. The van der Waals surface area contributed by atoms with Gasteiger partial charge in [-0.05, 0) is 31.2 Å². The molecule has 0 atom stereocenters. The Morgan fingerprint density at radius 2 is 2.00 bits per heavy atom. The van der Waals surface area contributed by atoms with Gasteiger partial charge in [-0.1, -0.05) is 44.2 Å². The van der Waals surface area contributed by atoms with Crippen molar-refractivity contribution in [3.63, 3.8) is 0 Å². The third-order valence-electron chi connectivity index (χ3n) is 4.69. The van der Waals surface area contributed by atoms with Crippen LogP contribution in [0.15, 0.2) is 41.2 Å². The molecular formula is C20H25N3O3. The SMILES string of the molecule is CC(C)c1nn(CC(=O)NC2CC(C)(O)C2)c(=O)cc1-c1ccccc1. The molecule has 0 saturated heterocycles. The van der Waals surface area contributed by atoms with E-state index in [0.29, 0.717) is 12.8 Å². The maximum absolute atomic E-state index is 12.5. The largest absolute Gasteiger partial charge is 0.390 e. The predicted octanol–water partition coefficient (Wildman–Crippen LogP) is 2.06. The van der Waals surface area contributed by atoms with E-state index in [2.05, 4.69) is 10.4 Å². The number of aliphatic hydroxyl groups is 1. The molecule has 0 unspecified atom stereocenters. The second-order valence-corrected chi connectivity index (χ2v) is 7.63. The fourth-order valence-corrected chi connectivity index (χ4v) is 3.41. The number of benzene rings is 1. The Bertz CT molecular complexity index is 848. The summed E-state index contributed by atoms with van der Waals surface area (Å²) in [6, 6.07) is 11.2. The highest BCUT2D eigenvalue weighted by Gasteiger charge is 2.39. The number of carbonyl (C=O) groups excluding carboxylic acids is 1. The smallest absolute Gasteiger partial charge is 0.267 e. The van der Waals surface area contributed by atoms with Crippen molar-refractivity contribution in [2.45, 2.75) is 57.7 Å². The Morgan fingerprint density at radius 1 is 1.35 bits per heavy atom. The lowest BCUT2D eigenvalue weighted by molar-refractivity contribution is -0.125. The van der Waals surface area contributed by atoms with Crippen LogP contribution in [0.4, 0.5) is 0 Å². The second kappa shape index (κ2) is 7.03. The van der Waals surface area contributed by atoms with E-state index < -0.39 is 5.60 Å². The number of nitrogens with zero attached hydrogens (tertiary/aromatic N) is 2. The highest BCUT2D eigenvalue weighted by atomic mass is 16.3. The molecule has 0 bridgehead atoms. The number of nitrogens with one attached hydrogen (secondary N) is 1. The molecule has 2 aromatic rings. The van der Waals surface area contributed by atoms with Gasteiger partial charge in [-0.15, -0.1) is 0 Å². The van der Waals surface area contributed by atoms with Gasteiger partial charge in [-0.3, -0.25) is 9.59 Å². The van der Waals surface area contributed by atoms with Crippen molar-refractivity contribution in [3.8, 4) is 11.1 Å². The summed E-state index contributed by atoms with van der Waals surface area (Å²) in [5.74, 6) is -0.149. The topological polar surface area (TPSA) is 84.2 Å². The molecule has 26 heavy (non-hydrogen) atoms. The van der Waals surface area contributed by atoms with Crippen LogP contribution in [0.25, 0.3) is 11.1 Å². The molecular weight excluding hydrogens is 330 g/mol. The first-order valence-corrected chi connectivity index (χ1v) is 8.94. The number of rotatable bonds is 5. The van der Waals surface area contributed by atoms with Gasteiger partial charge in [0, 0.05) is 17.7 Å². The summed E-state index contributed by atoms with van der Waals surface area (Å²) in [5.41, 5.74) is 1.53. The van der Waals surface area contributed by atoms with E-state index in [4.69, 9.17) is 0 Å². The van der Waals surface area contributed by atoms with Crippen LogP contribution in [0.1, 0.15) is 45.2 Å². The van der Waals surface area contributed by atoms with E-state index in [1.165, 1.54) is 4.68 Å². The van der Waals surface area contributed by atoms with Gasteiger partial charge in [0.2, 0.25) is 5.91 Å². The van der Waals surface area contributed by atoms with E-state index in [1.807, 2.05) is 44.2 Å². The van der Waals surface area contributed by atoms with E-state index in [-0.39, 0.29) is 30.0 Å². The van der Waals surface area contributed by atoms with Crippen LogP contribution in [0.5, 0.6) is 0 Å². The summed E-state index contributed by atoms with van der Waals surface area (Å²) in [4.78, 5) is 24.7. The fourth-order valence-electron chi connectivity index (χ4n) is 3.41. The summed E-state index contributed by atoms with van der Waals surface area (Å²) in [7, 11) is 0. The first-order chi connectivity index (χ1) is 12.2. The molecule has 1 aromatic heterocycles. The Morgan fingerprint density at radius 3 is 2.58 bits per heavy atom. The van der Waals surface area contributed by atoms with Crippen LogP contribution >= 0.6 is 0 Å². The van der Waals surface area contributed by atoms with Crippen molar-refractivity contribution in [1.82, 2.24) is 15.1 Å². The van der Waals surface area contributed by atoms with Crippen molar-refractivity contribution < 1.29 is 9.90 Å². The molecule has 0 radical (unpaired) electrons. The molecule has 1 aliphatic carbocycles. The molecule has 1 aliphatic rings. The Labute approximate surface area is 152 Å². The minimum absolute atomic E-state index is 0.0404. The zero-order valence-corrected chi connectivity index (χ0v) is 15.4. The summed E-state index contributed by atoms with van der Waals surface area (Å²) in [6.07, 6.45) is 1.07. The normalized spacial score (nSPS) is 22.1. The van der Waals surface area contributed by atoms with Crippen molar-refractivity contribution in [1.29, 1.82) is 0 Å². The third-order valence-corrected chi connectivity index (χ3v) is 4.69. The lowest BCUT2D eigenvalue weighted by Crippen LogP contribution is -2.54. The monoisotopic (exact) mass is 355 g/mol. The highest BCUT2D eigenvalue weighted by molar-refractivity contribution is 5.76. The van der Waals surface area contributed by atoms with Crippen molar-refractivity contribution in [2.75, 3.05) is 0 Å². The zero-order valence-electron chi connectivity index (χ0n) is 15.4. The Hall–Kier alpha value is -2.47. The van der Waals surface area contributed by atoms with Gasteiger partial charge < -0.3 is 10.4 Å². The highest BCUT2D eigenvalue weighted by Crippen LogP contribution is 2.31. The minimum atomic E-state index is -0.699. The van der Waals surface area contributed by atoms with Crippen LogP contribution in [-0.2, 0) is 11.3 Å². The molecule has 138 valence electrons. The van der Waals surface area contributed by atoms with Crippen molar-refractivity contribution in [3.05, 3.63) is 52.4 Å². The van der Waals surface area contributed by atoms with Gasteiger partial charge in [-0.2, -0.15) is 5.10 Å². The summed E-state index contributed by atoms with van der Waals surface area (Å²) < 4.78 is 1.22. The molecule has 1 amide bonds. The van der Waals surface area contributed by atoms with Gasteiger partial charge in [-0.25, -0.2) is 4.68 Å². The Kier molecular flexibility index (Phi) is 4.96. The maximum atomic E-state index is 12.5. The molecule has 1 saturated carbocycles. The number of aromatic nitrogens is 2. The number of hydrogen-bond donors (Lipinski definition) is 2. The molecule has 3 rings (SSSR count). The van der Waals surface area contributed by atoms with Crippen LogP contribution in [-0.4, -0.2) is 32.4 Å². The first-order valence-electron chi connectivity index (χ1n) is 8.94.